The first kappa shape index (κ1) is 12.2. The lowest BCUT2D eigenvalue weighted by Crippen LogP contribution is -2.35. The second-order valence-electron chi connectivity index (χ2n) is 6.86. The fraction of sp³-hybridized carbons (Fsp3) is 0.389. The molecule has 1 aromatic rings. The van der Waals surface area contributed by atoms with Crippen LogP contribution in [-0.2, 0) is 9.59 Å². The maximum Gasteiger partial charge on any atom is 0.238 e. The Bertz CT molecular complexity index is 766. The van der Waals surface area contributed by atoms with E-state index < -0.39 is 0 Å². The fourth-order valence-corrected chi connectivity index (χ4v) is 5.08. The maximum absolute atomic E-state index is 12.9. The van der Waals surface area contributed by atoms with Crippen molar-refractivity contribution < 1.29 is 9.59 Å². The molecule has 1 saturated heterocycles. The SMILES string of the molecule is N#Cc1ccccc1N1C(=O)[C@H]2[C@H](C1=O)[C@H]1C=C[C@H]2C12CC2. The van der Waals surface area contributed by atoms with Gasteiger partial charge in [0.2, 0.25) is 11.8 Å². The van der Waals surface area contributed by atoms with E-state index in [1.165, 1.54) is 4.90 Å². The highest BCUT2D eigenvalue weighted by Crippen LogP contribution is 2.73. The van der Waals surface area contributed by atoms with Gasteiger partial charge in [-0.3, -0.25) is 9.59 Å². The normalized spacial score (nSPS) is 36.0. The highest BCUT2D eigenvalue weighted by Gasteiger charge is 2.73. The van der Waals surface area contributed by atoms with Gasteiger partial charge in [0.05, 0.1) is 23.1 Å². The summed E-state index contributed by atoms with van der Waals surface area (Å²) in [5, 5.41) is 9.25. The molecule has 0 aromatic heterocycles. The fourth-order valence-electron chi connectivity index (χ4n) is 5.08. The van der Waals surface area contributed by atoms with Crippen molar-refractivity contribution in [2.24, 2.45) is 29.1 Å². The van der Waals surface area contributed by atoms with Crippen molar-refractivity contribution in [1.29, 1.82) is 5.26 Å². The topological polar surface area (TPSA) is 61.2 Å². The van der Waals surface area contributed by atoms with E-state index in [4.69, 9.17) is 0 Å². The Kier molecular flexibility index (Phi) is 2.03. The minimum atomic E-state index is -0.211. The Balaban J connectivity index is 1.61. The number of carbonyl (C=O) groups is 2. The van der Waals surface area contributed by atoms with E-state index in [1.807, 2.05) is 0 Å². The smallest absolute Gasteiger partial charge is 0.238 e. The highest BCUT2D eigenvalue weighted by molar-refractivity contribution is 6.23. The van der Waals surface area contributed by atoms with Crippen molar-refractivity contribution >= 4 is 17.5 Å². The lowest BCUT2D eigenvalue weighted by Gasteiger charge is -2.22. The molecule has 4 atom stereocenters. The van der Waals surface area contributed by atoms with E-state index in [2.05, 4.69) is 18.2 Å². The largest absolute Gasteiger partial charge is 0.274 e. The molecule has 2 bridgehead atoms. The zero-order valence-electron chi connectivity index (χ0n) is 11.9. The third-order valence-electron chi connectivity index (χ3n) is 6.12. The molecule has 3 aliphatic carbocycles. The maximum atomic E-state index is 12.9. The molecule has 5 rings (SSSR count). The summed E-state index contributed by atoms with van der Waals surface area (Å²) in [5.74, 6) is -0.202. The molecule has 22 heavy (non-hydrogen) atoms. The summed E-state index contributed by atoms with van der Waals surface area (Å²) in [5.41, 5.74) is 1.03. The van der Waals surface area contributed by atoms with Gasteiger partial charge < -0.3 is 0 Å². The summed E-state index contributed by atoms with van der Waals surface area (Å²) in [6, 6.07) is 8.94. The van der Waals surface area contributed by atoms with Gasteiger partial charge in [-0.2, -0.15) is 5.26 Å². The van der Waals surface area contributed by atoms with Crippen LogP contribution in [0.3, 0.4) is 0 Å². The Morgan fingerprint density at radius 2 is 1.64 bits per heavy atom. The minimum Gasteiger partial charge on any atom is -0.274 e. The molecule has 2 saturated carbocycles. The molecule has 0 radical (unpaired) electrons. The van der Waals surface area contributed by atoms with Crippen LogP contribution >= 0.6 is 0 Å². The number of hydrogen-bond donors (Lipinski definition) is 0. The lowest BCUT2D eigenvalue weighted by atomic mass is 9.85. The molecule has 108 valence electrons. The van der Waals surface area contributed by atoms with Crippen molar-refractivity contribution in [3.8, 4) is 6.07 Å². The summed E-state index contributed by atoms with van der Waals surface area (Å²) in [4.78, 5) is 27.1. The molecule has 1 heterocycles. The zero-order chi connectivity index (χ0) is 15.1. The number of fused-ring (bicyclic) bond motifs is 3. The first-order valence-corrected chi connectivity index (χ1v) is 7.74. The molecule has 3 fully saturated rings. The number of imide groups is 1. The van der Waals surface area contributed by atoms with Gasteiger partial charge in [-0.15, -0.1) is 0 Å². The highest BCUT2D eigenvalue weighted by atomic mass is 16.2. The van der Waals surface area contributed by atoms with Crippen LogP contribution in [-0.4, -0.2) is 11.8 Å². The van der Waals surface area contributed by atoms with Gasteiger partial charge in [-0.25, -0.2) is 4.90 Å². The third-order valence-corrected chi connectivity index (χ3v) is 6.12. The Hall–Kier alpha value is -2.41. The first-order chi connectivity index (χ1) is 10.7. The van der Waals surface area contributed by atoms with Crippen LogP contribution in [0.25, 0.3) is 0 Å². The lowest BCUT2D eigenvalue weighted by molar-refractivity contribution is -0.123. The van der Waals surface area contributed by atoms with Crippen LogP contribution < -0.4 is 4.90 Å². The van der Waals surface area contributed by atoms with Gasteiger partial charge in [0, 0.05) is 0 Å². The van der Waals surface area contributed by atoms with Crippen LogP contribution in [0, 0.1) is 40.4 Å². The molecular formula is C18H14N2O2. The number of allylic oxidation sites excluding steroid dienone is 2. The van der Waals surface area contributed by atoms with E-state index >= 15 is 0 Å². The van der Waals surface area contributed by atoms with Crippen LogP contribution in [0.1, 0.15) is 18.4 Å². The van der Waals surface area contributed by atoms with Crippen molar-refractivity contribution in [2.45, 2.75) is 12.8 Å². The molecule has 1 aliphatic heterocycles. The van der Waals surface area contributed by atoms with Crippen molar-refractivity contribution in [2.75, 3.05) is 4.90 Å². The standard InChI is InChI=1S/C18H14N2O2/c19-9-10-3-1-2-4-13(10)20-16(21)14-11-5-6-12(15(14)17(20)22)18(11)7-8-18/h1-6,11-12,14-15H,7-8H2/t11-,12-,14-,15-/m1/s1. The van der Waals surface area contributed by atoms with Gasteiger partial charge in [-0.1, -0.05) is 24.3 Å². The average molecular weight is 290 g/mol. The third kappa shape index (κ3) is 1.16. The van der Waals surface area contributed by atoms with Crippen LogP contribution in [0.2, 0.25) is 0 Å². The van der Waals surface area contributed by atoms with Gasteiger partial charge >= 0.3 is 0 Å². The Morgan fingerprint density at radius 3 is 2.18 bits per heavy atom. The first-order valence-electron chi connectivity index (χ1n) is 7.74. The number of nitriles is 1. The summed E-state index contributed by atoms with van der Waals surface area (Å²) < 4.78 is 0. The second kappa shape index (κ2) is 3.67. The van der Waals surface area contributed by atoms with Gasteiger partial charge in [-0.05, 0) is 42.2 Å². The number of amides is 2. The van der Waals surface area contributed by atoms with Crippen molar-refractivity contribution in [3.05, 3.63) is 42.0 Å². The molecule has 0 unspecified atom stereocenters. The predicted molar refractivity (Wildman–Crippen MR) is 78.4 cm³/mol. The van der Waals surface area contributed by atoms with Crippen LogP contribution in [0.4, 0.5) is 5.69 Å². The number of para-hydroxylation sites is 1. The molecular weight excluding hydrogens is 276 g/mol. The number of nitrogens with zero attached hydrogens (tertiary/aromatic N) is 2. The number of hydrogen-bond acceptors (Lipinski definition) is 3. The second-order valence-corrected chi connectivity index (χ2v) is 6.86. The summed E-state index contributed by atoms with van der Waals surface area (Å²) in [6.45, 7) is 0. The molecule has 4 nitrogen and oxygen atoms in total. The molecule has 1 spiro atoms. The number of anilines is 1. The van der Waals surface area contributed by atoms with Gasteiger partial charge in [0.1, 0.15) is 6.07 Å². The predicted octanol–water partition coefficient (Wildman–Crippen LogP) is 2.26. The number of carbonyl (C=O) groups excluding carboxylic acids is 2. The quantitative estimate of drug-likeness (QED) is 0.589. The van der Waals surface area contributed by atoms with E-state index in [0.717, 1.165) is 12.8 Å². The number of benzene rings is 1. The van der Waals surface area contributed by atoms with Crippen LogP contribution in [0.5, 0.6) is 0 Å². The van der Waals surface area contributed by atoms with Crippen molar-refractivity contribution in [1.82, 2.24) is 0 Å². The van der Waals surface area contributed by atoms with E-state index in [9.17, 15) is 14.9 Å². The molecule has 1 aromatic carbocycles. The number of rotatable bonds is 1. The molecule has 2 amide bonds. The van der Waals surface area contributed by atoms with E-state index in [1.54, 1.807) is 24.3 Å². The Morgan fingerprint density at radius 1 is 1.05 bits per heavy atom. The molecule has 0 N–H and O–H groups in total. The molecule has 4 aliphatic rings. The zero-order valence-corrected chi connectivity index (χ0v) is 11.9. The summed E-state index contributed by atoms with van der Waals surface area (Å²) >= 11 is 0. The molecule has 4 heteroatoms. The van der Waals surface area contributed by atoms with Crippen molar-refractivity contribution in [3.63, 3.8) is 0 Å². The monoisotopic (exact) mass is 290 g/mol. The average Bonchev–Trinajstić information content (AvgIpc) is 3.13. The minimum absolute atomic E-state index is 0.110. The summed E-state index contributed by atoms with van der Waals surface area (Å²) in [7, 11) is 0. The Labute approximate surface area is 128 Å². The van der Waals surface area contributed by atoms with E-state index in [0.29, 0.717) is 11.3 Å². The van der Waals surface area contributed by atoms with Crippen LogP contribution in [0.15, 0.2) is 36.4 Å². The van der Waals surface area contributed by atoms with E-state index in [-0.39, 0.29) is 40.9 Å². The van der Waals surface area contributed by atoms with Gasteiger partial charge in [0.15, 0.2) is 0 Å². The summed E-state index contributed by atoms with van der Waals surface area (Å²) in [6.07, 6.45) is 6.59. The van der Waals surface area contributed by atoms with Gasteiger partial charge in [0.25, 0.3) is 0 Å².